The number of carbonyl (C=O) groups excluding carboxylic acids is 1. The van der Waals surface area contributed by atoms with E-state index < -0.39 is 30.9 Å². The van der Waals surface area contributed by atoms with E-state index in [-0.39, 0.29) is 17.4 Å². The maximum absolute atomic E-state index is 12.9. The van der Waals surface area contributed by atoms with E-state index in [4.69, 9.17) is 4.74 Å². The van der Waals surface area contributed by atoms with Gasteiger partial charge in [0.1, 0.15) is 11.5 Å². The number of rotatable bonds is 7. The predicted octanol–water partition coefficient (Wildman–Crippen LogP) is 5.45. The van der Waals surface area contributed by atoms with Crippen molar-refractivity contribution in [3.8, 4) is 11.5 Å². The van der Waals surface area contributed by atoms with Gasteiger partial charge in [0.2, 0.25) is 0 Å². The number of ether oxygens (including phenoxy) is 2. The van der Waals surface area contributed by atoms with Crippen LogP contribution in [0.5, 0.6) is 11.5 Å². The second kappa shape index (κ2) is 8.90. The van der Waals surface area contributed by atoms with Crippen LogP contribution in [0.1, 0.15) is 30.9 Å². The number of nitrogens with one attached hydrogen (secondary N) is 1. The normalized spacial score (nSPS) is 11.6. The summed E-state index contributed by atoms with van der Waals surface area (Å²) in [6, 6.07) is 8.32. The average Bonchev–Trinajstić information content (AvgIpc) is 2.60. The zero-order valence-electron chi connectivity index (χ0n) is 15.0. The highest BCUT2D eigenvalue weighted by atomic mass is 19.4. The van der Waals surface area contributed by atoms with Gasteiger partial charge in [-0.25, -0.2) is 0 Å². The van der Waals surface area contributed by atoms with E-state index >= 15 is 0 Å². The summed E-state index contributed by atoms with van der Waals surface area (Å²) in [5, 5.41) is 2.46. The molecule has 28 heavy (non-hydrogen) atoms. The maximum Gasteiger partial charge on any atom is 0.416 e. The third kappa shape index (κ3) is 6.11. The fourth-order valence-electron chi connectivity index (χ4n) is 2.37. The Morgan fingerprint density at radius 2 is 1.71 bits per heavy atom. The summed E-state index contributed by atoms with van der Waals surface area (Å²) in [4.78, 5) is 12.0. The topological polar surface area (TPSA) is 47.6 Å². The number of carbonyl (C=O) groups is 1. The summed E-state index contributed by atoms with van der Waals surface area (Å²) in [7, 11) is 0. The molecule has 4 nitrogen and oxygen atoms in total. The summed E-state index contributed by atoms with van der Waals surface area (Å²) in [5.41, 5.74) is -0.0421. The van der Waals surface area contributed by atoms with Crippen LogP contribution in [-0.2, 0) is 11.0 Å². The van der Waals surface area contributed by atoms with Gasteiger partial charge >= 0.3 is 12.8 Å². The molecule has 0 fully saturated rings. The standard InChI is InChI=1S/C19H18F5NO3/c1-11(2)15-8-3-12(19(22,23)24)9-16(15)27-10-17(26)25-13-4-6-14(7-5-13)28-18(20)21/h3-9,11,18H,10H2,1-2H3,(H,25,26). The third-order valence-electron chi connectivity index (χ3n) is 3.68. The van der Waals surface area contributed by atoms with Gasteiger partial charge in [0.25, 0.3) is 5.91 Å². The third-order valence-corrected chi connectivity index (χ3v) is 3.68. The Balaban J connectivity index is 2.03. The molecule has 9 heteroatoms. The monoisotopic (exact) mass is 403 g/mol. The van der Waals surface area contributed by atoms with E-state index in [0.29, 0.717) is 11.3 Å². The number of benzene rings is 2. The van der Waals surface area contributed by atoms with E-state index in [1.54, 1.807) is 13.8 Å². The van der Waals surface area contributed by atoms with Gasteiger partial charge in [0.15, 0.2) is 6.61 Å². The Kier molecular flexibility index (Phi) is 6.82. The molecule has 1 N–H and O–H groups in total. The highest BCUT2D eigenvalue weighted by Crippen LogP contribution is 2.35. The number of halogens is 5. The minimum atomic E-state index is -4.53. The molecule has 0 saturated carbocycles. The lowest BCUT2D eigenvalue weighted by Crippen LogP contribution is -2.21. The van der Waals surface area contributed by atoms with Gasteiger partial charge < -0.3 is 14.8 Å². The first-order chi connectivity index (χ1) is 13.1. The van der Waals surface area contributed by atoms with Gasteiger partial charge in [-0.05, 0) is 47.9 Å². The molecule has 0 atom stereocenters. The molecule has 0 bridgehead atoms. The molecule has 0 radical (unpaired) electrons. The number of hydrogen-bond donors (Lipinski definition) is 1. The fraction of sp³-hybridized carbons (Fsp3) is 0.316. The molecule has 2 rings (SSSR count). The van der Waals surface area contributed by atoms with Crippen molar-refractivity contribution in [2.45, 2.75) is 32.6 Å². The van der Waals surface area contributed by atoms with Gasteiger partial charge in [-0.3, -0.25) is 4.79 Å². The molecular weight excluding hydrogens is 385 g/mol. The van der Waals surface area contributed by atoms with Crippen molar-refractivity contribution in [3.05, 3.63) is 53.6 Å². The van der Waals surface area contributed by atoms with Crippen LogP contribution < -0.4 is 14.8 Å². The molecule has 2 aromatic rings. The first-order valence-electron chi connectivity index (χ1n) is 8.25. The second-order valence-corrected chi connectivity index (χ2v) is 6.14. The van der Waals surface area contributed by atoms with Crippen molar-refractivity contribution in [1.82, 2.24) is 0 Å². The molecule has 0 unspecified atom stereocenters. The molecule has 2 aromatic carbocycles. The van der Waals surface area contributed by atoms with E-state index in [1.165, 1.54) is 30.3 Å². The lowest BCUT2D eigenvalue weighted by molar-refractivity contribution is -0.137. The molecule has 0 heterocycles. The van der Waals surface area contributed by atoms with Crippen molar-refractivity contribution in [2.24, 2.45) is 0 Å². The van der Waals surface area contributed by atoms with Gasteiger partial charge in [-0.1, -0.05) is 19.9 Å². The Labute approximate surface area is 158 Å². The second-order valence-electron chi connectivity index (χ2n) is 6.14. The zero-order chi connectivity index (χ0) is 20.9. The lowest BCUT2D eigenvalue weighted by atomic mass is 10.00. The maximum atomic E-state index is 12.9. The minimum Gasteiger partial charge on any atom is -0.483 e. The Bertz CT molecular complexity index is 804. The van der Waals surface area contributed by atoms with Crippen LogP contribution >= 0.6 is 0 Å². The molecule has 152 valence electrons. The van der Waals surface area contributed by atoms with Crippen molar-refractivity contribution in [3.63, 3.8) is 0 Å². The minimum absolute atomic E-state index is 0.0272. The Morgan fingerprint density at radius 1 is 1.07 bits per heavy atom. The number of hydrogen-bond acceptors (Lipinski definition) is 3. The molecule has 0 spiro atoms. The SMILES string of the molecule is CC(C)c1ccc(C(F)(F)F)cc1OCC(=O)Nc1ccc(OC(F)F)cc1. The number of amides is 1. The summed E-state index contributed by atoms with van der Waals surface area (Å²) in [6.07, 6.45) is -4.53. The van der Waals surface area contributed by atoms with E-state index in [2.05, 4.69) is 10.1 Å². The fourth-order valence-corrected chi connectivity index (χ4v) is 2.37. The van der Waals surface area contributed by atoms with Crippen molar-refractivity contribution >= 4 is 11.6 Å². The molecule has 0 aliphatic carbocycles. The first kappa shape index (κ1) is 21.5. The number of anilines is 1. The quantitative estimate of drug-likeness (QED) is 0.626. The highest BCUT2D eigenvalue weighted by molar-refractivity contribution is 5.91. The van der Waals surface area contributed by atoms with Crippen LogP contribution in [-0.4, -0.2) is 19.1 Å². The molecule has 0 saturated heterocycles. The van der Waals surface area contributed by atoms with E-state index in [0.717, 1.165) is 12.1 Å². The van der Waals surface area contributed by atoms with E-state index in [9.17, 15) is 26.7 Å². The lowest BCUT2D eigenvalue weighted by Gasteiger charge is -2.16. The Morgan fingerprint density at radius 3 is 2.25 bits per heavy atom. The molecule has 1 amide bonds. The van der Waals surface area contributed by atoms with Gasteiger partial charge in [-0.2, -0.15) is 22.0 Å². The Hall–Kier alpha value is -2.84. The van der Waals surface area contributed by atoms with Crippen molar-refractivity contribution < 1.29 is 36.2 Å². The van der Waals surface area contributed by atoms with Crippen LogP contribution in [0.3, 0.4) is 0 Å². The summed E-state index contributed by atoms with van der Waals surface area (Å²) < 4.78 is 72.4. The average molecular weight is 403 g/mol. The van der Waals surface area contributed by atoms with Crippen LogP contribution in [0.2, 0.25) is 0 Å². The van der Waals surface area contributed by atoms with Gasteiger partial charge in [0, 0.05) is 5.69 Å². The molecule has 0 aliphatic heterocycles. The molecule has 0 aromatic heterocycles. The van der Waals surface area contributed by atoms with Crippen molar-refractivity contribution in [1.29, 1.82) is 0 Å². The largest absolute Gasteiger partial charge is 0.483 e. The predicted molar refractivity (Wildman–Crippen MR) is 92.7 cm³/mol. The smallest absolute Gasteiger partial charge is 0.416 e. The molecule has 0 aliphatic rings. The van der Waals surface area contributed by atoms with Crippen LogP contribution in [0.15, 0.2) is 42.5 Å². The number of alkyl halides is 5. The van der Waals surface area contributed by atoms with Crippen LogP contribution in [0.4, 0.5) is 27.6 Å². The van der Waals surface area contributed by atoms with Gasteiger partial charge in [-0.15, -0.1) is 0 Å². The summed E-state index contributed by atoms with van der Waals surface area (Å²) >= 11 is 0. The van der Waals surface area contributed by atoms with Crippen LogP contribution in [0, 0.1) is 0 Å². The molecular formula is C19H18F5NO3. The van der Waals surface area contributed by atoms with Gasteiger partial charge in [0.05, 0.1) is 5.56 Å². The van der Waals surface area contributed by atoms with Crippen molar-refractivity contribution in [2.75, 3.05) is 11.9 Å². The van der Waals surface area contributed by atoms with E-state index in [1.807, 2.05) is 0 Å². The highest BCUT2D eigenvalue weighted by Gasteiger charge is 2.31. The summed E-state index contributed by atoms with van der Waals surface area (Å²) in [5.74, 6) is -0.826. The zero-order valence-corrected chi connectivity index (χ0v) is 15.0. The first-order valence-corrected chi connectivity index (χ1v) is 8.25. The van der Waals surface area contributed by atoms with Crippen LogP contribution in [0.25, 0.3) is 0 Å². The summed E-state index contributed by atoms with van der Waals surface area (Å²) in [6.45, 7) is 0.101.